The van der Waals surface area contributed by atoms with E-state index in [1.54, 1.807) is 35.9 Å². The molecule has 2 aliphatic rings. The van der Waals surface area contributed by atoms with Gasteiger partial charge < -0.3 is 0 Å². The Balaban J connectivity index is 2.41. The van der Waals surface area contributed by atoms with Gasteiger partial charge >= 0.3 is 116 Å². The summed E-state index contributed by atoms with van der Waals surface area (Å²) in [5, 5.41) is 0. The van der Waals surface area contributed by atoms with Crippen molar-refractivity contribution in [2.24, 2.45) is 0 Å². The second-order valence-corrected chi connectivity index (χ2v) is 14.0. The summed E-state index contributed by atoms with van der Waals surface area (Å²) in [4.78, 5) is 0. The van der Waals surface area contributed by atoms with Crippen molar-refractivity contribution < 1.29 is 24.7 Å². The van der Waals surface area contributed by atoms with E-state index in [4.69, 9.17) is 0 Å². The first-order chi connectivity index (χ1) is 7.46. The van der Waals surface area contributed by atoms with Gasteiger partial charge in [-0.25, -0.2) is 0 Å². The Bertz CT molecular complexity index is 375. The maximum absolute atomic E-state index is 2.51. The van der Waals surface area contributed by atoms with Crippen LogP contribution < -0.4 is 0 Å². The molecule has 0 heterocycles. The van der Waals surface area contributed by atoms with Crippen LogP contribution in [0.15, 0.2) is 47.6 Å². The second kappa shape index (κ2) is 4.38. The first kappa shape index (κ1) is 12.5. The zero-order valence-electron chi connectivity index (χ0n) is 10.4. The molecule has 2 rings (SSSR count). The Morgan fingerprint density at radius 1 is 1.00 bits per heavy atom. The van der Waals surface area contributed by atoms with Crippen molar-refractivity contribution in [2.75, 3.05) is 0 Å². The molecule has 0 fully saturated rings. The van der Waals surface area contributed by atoms with E-state index in [1.807, 2.05) is 0 Å². The number of allylic oxidation sites excluding steroid dienone is 8. The fraction of sp³-hybridized carbons (Fsp3) is 0.429. The van der Waals surface area contributed by atoms with Crippen molar-refractivity contribution >= 4 is 8.07 Å². The Morgan fingerprint density at radius 2 is 1.44 bits per heavy atom. The molecule has 0 nitrogen and oxygen atoms in total. The molecule has 0 aromatic rings. The van der Waals surface area contributed by atoms with Gasteiger partial charge in [0.1, 0.15) is 0 Å². The SMILES string of the molecule is C[Si](C)(C)[C]([Zr])(C1=CC=CC1)C1=CC=CC1. The van der Waals surface area contributed by atoms with Crippen LogP contribution in [0.5, 0.6) is 0 Å². The molecular formula is C14H19SiZr. The molecule has 2 aliphatic carbocycles. The van der Waals surface area contributed by atoms with Gasteiger partial charge in [-0.2, -0.15) is 0 Å². The molecule has 0 N–H and O–H groups in total. The predicted octanol–water partition coefficient (Wildman–Crippen LogP) is 4.34. The normalized spacial score (nSPS) is 20.1. The van der Waals surface area contributed by atoms with Crippen LogP contribution in [0.1, 0.15) is 12.8 Å². The topological polar surface area (TPSA) is 0 Å². The van der Waals surface area contributed by atoms with Crippen molar-refractivity contribution in [1.82, 2.24) is 0 Å². The fourth-order valence-corrected chi connectivity index (χ4v) is 5.83. The van der Waals surface area contributed by atoms with Crippen LogP contribution in [0.4, 0.5) is 0 Å². The summed E-state index contributed by atoms with van der Waals surface area (Å²) in [6.45, 7) is 7.54. The molecule has 0 aliphatic heterocycles. The summed E-state index contributed by atoms with van der Waals surface area (Å²) in [7, 11) is -1.22. The van der Waals surface area contributed by atoms with Crippen molar-refractivity contribution in [3.8, 4) is 0 Å². The quantitative estimate of drug-likeness (QED) is 0.680. The number of hydrogen-bond acceptors (Lipinski definition) is 0. The molecule has 16 heavy (non-hydrogen) atoms. The van der Waals surface area contributed by atoms with Crippen LogP contribution in [-0.4, -0.2) is 8.07 Å². The molecule has 0 saturated heterocycles. The van der Waals surface area contributed by atoms with Gasteiger partial charge in [-0.1, -0.05) is 0 Å². The molecule has 0 aromatic carbocycles. The molecule has 0 aromatic heterocycles. The van der Waals surface area contributed by atoms with Gasteiger partial charge in [-0.15, -0.1) is 0 Å². The van der Waals surface area contributed by atoms with Gasteiger partial charge in [0.05, 0.1) is 0 Å². The van der Waals surface area contributed by atoms with E-state index in [1.165, 1.54) is 12.8 Å². The van der Waals surface area contributed by atoms with Gasteiger partial charge in [-0.3, -0.25) is 0 Å². The van der Waals surface area contributed by atoms with E-state index in [0.717, 1.165) is 0 Å². The van der Waals surface area contributed by atoms with Gasteiger partial charge in [0.2, 0.25) is 0 Å². The molecule has 83 valence electrons. The molecule has 0 bridgehead atoms. The Labute approximate surface area is 115 Å². The van der Waals surface area contributed by atoms with Crippen LogP contribution in [0.25, 0.3) is 0 Å². The third kappa shape index (κ3) is 1.95. The van der Waals surface area contributed by atoms with Crippen molar-refractivity contribution in [3.63, 3.8) is 0 Å². The Hall–Kier alpha value is 0.0600. The Kier molecular flexibility index (Phi) is 3.43. The third-order valence-corrected chi connectivity index (χ3v) is 13.6. The first-order valence-electron chi connectivity index (χ1n) is 5.93. The maximum atomic E-state index is 2.51. The third-order valence-electron chi connectivity index (χ3n) is 3.63. The minimum absolute atomic E-state index is 0.423. The van der Waals surface area contributed by atoms with E-state index in [0.29, 0.717) is 2.75 Å². The summed E-state index contributed by atoms with van der Waals surface area (Å²) in [6, 6.07) is 0. The second-order valence-electron chi connectivity index (χ2n) is 5.65. The van der Waals surface area contributed by atoms with Crippen LogP contribution in [-0.2, 0) is 24.7 Å². The van der Waals surface area contributed by atoms with Crippen molar-refractivity contribution in [1.29, 1.82) is 0 Å². The summed E-state index contributed by atoms with van der Waals surface area (Å²) in [5.41, 5.74) is 3.33. The average molecular weight is 307 g/mol. The predicted molar refractivity (Wildman–Crippen MR) is 69.7 cm³/mol. The van der Waals surface area contributed by atoms with E-state index in [2.05, 4.69) is 56.1 Å². The van der Waals surface area contributed by atoms with Crippen molar-refractivity contribution in [2.45, 2.75) is 35.2 Å². The first-order valence-corrected chi connectivity index (χ1v) is 10.7. The standard InChI is InChI=1S/C14H19Si.Zr/c1-15(2,3)14(12-8-4-5-9-12)13-10-6-7-11-13;/h4-8,10H,9,11H2,1-3H3;. The Morgan fingerprint density at radius 3 is 1.69 bits per heavy atom. The van der Waals surface area contributed by atoms with Crippen molar-refractivity contribution in [3.05, 3.63) is 47.6 Å². The van der Waals surface area contributed by atoms with Gasteiger partial charge in [0.25, 0.3) is 0 Å². The van der Waals surface area contributed by atoms with Crippen LogP contribution >= 0.6 is 0 Å². The van der Waals surface area contributed by atoms with E-state index >= 15 is 0 Å². The van der Waals surface area contributed by atoms with Gasteiger partial charge in [-0.05, 0) is 0 Å². The molecule has 0 radical (unpaired) electrons. The zero-order valence-corrected chi connectivity index (χ0v) is 13.8. The molecule has 0 amide bonds. The number of hydrogen-bond donors (Lipinski definition) is 0. The molecule has 0 unspecified atom stereocenters. The summed E-state index contributed by atoms with van der Waals surface area (Å²) in [5.74, 6) is 0. The monoisotopic (exact) mass is 305 g/mol. The molecule has 0 spiro atoms. The van der Waals surface area contributed by atoms with Crippen LogP contribution in [0, 0.1) is 0 Å². The van der Waals surface area contributed by atoms with E-state index < -0.39 is 8.07 Å². The zero-order chi connectivity index (χ0) is 11.8. The molecule has 0 saturated carbocycles. The van der Waals surface area contributed by atoms with Gasteiger partial charge in [0.15, 0.2) is 0 Å². The summed E-state index contributed by atoms with van der Waals surface area (Å²) in [6.07, 6.45) is 16.2. The summed E-state index contributed by atoms with van der Waals surface area (Å²) >= 11 is 1.68. The fourth-order valence-electron chi connectivity index (χ4n) is 2.62. The average Bonchev–Trinajstić information content (AvgIpc) is 2.88. The molecular weight excluding hydrogens is 287 g/mol. The molecule has 0 atom stereocenters. The van der Waals surface area contributed by atoms with E-state index in [-0.39, 0.29) is 0 Å². The van der Waals surface area contributed by atoms with Crippen LogP contribution in [0.2, 0.25) is 22.4 Å². The molecule has 2 heteroatoms. The number of rotatable bonds is 3. The van der Waals surface area contributed by atoms with E-state index in [9.17, 15) is 0 Å². The minimum atomic E-state index is -1.22. The van der Waals surface area contributed by atoms with Gasteiger partial charge in [0, 0.05) is 0 Å². The van der Waals surface area contributed by atoms with Crippen LogP contribution in [0.3, 0.4) is 0 Å². The summed E-state index contributed by atoms with van der Waals surface area (Å²) < 4.78 is 0.423.